The van der Waals surface area contributed by atoms with E-state index >= 15 is 0 Å². The minimum absolute atomic E-state index is 0.183. The van der Waals surface area contributed by atoms with Crippen molar-refractivity contribution < 1.29 is 9.32 Å². The maximum absolute atomic E-state index is 11.8. The molecule has 1 N–H and O–H groups in total. The first-order chi connectivity index (χ1) is 7.66. The normalized spacial score (nSPS) is 10.1. The molecule has 1 amide bonds. The first-order valence-electron chi connectivity index (χ1n) is 4.96. The van der Waals surface area contributed by atoms with Crippen LogP contribution < -0.4 is 5.32 Å². The molecule has 16 heavy (non-hydrogen) atoms. The molecule has 2 aromatic rings. The zero-order valence-corrected chi connectivity index (χ0v) is 9.15. The van der Waals surface area contributed by atoms with Crippen LogP contribution in [0.2, 0.25) is 0 Å². The molecular weight excluding hydrogens is 204 g/mol. The molecule has 0 spiro atoms. The van der Waals surface area contributed by atoms with Crippen LogP contribution in [0.5, 0.6) is 0 Å². The van der Waals surface area contributed by atoms with Crippen molar-refractivity contribution in [3.8, 4) is 0 Å². The maximum atomic E-state index is 11.8. The average Bonchev–Trinajstić information content (AvgIpc) is 2.74. The predicted octanol–water partition coefficient (Wildman–Crippen LogP) is 2.54. The highest BCUT2D eigenvalue weighted by Crippen LogP contribution is 2.11. The van der Waals surface area contributed by atoms with E-state index in [9.17, 15) is 4.79 Å². The summed E-state index contributed by atoms with van der Waals surface area (Å²) in [5.74, 6) is 0.236. The van der Waals surface area contributed by atoms with Gasteiger partial charge in [0, 0.05) is 11.6 Å². The fourth-order valence-electron chi connectivity index (χ4n) is 1.35. The van der Waals surface area contributed by atoms with Crippen molar-refractivity contribution in [2.24, 2.45) is 0 Å². The van der Waals surface area contributed by atoms with Crippen LogP contribution in [-0.4, -0.2) is 11.1 Å². The van der Waals surface area contributed by atoms with Gasteiger partial charge in [-0.15, -0.1) is 0 Å². The molecule has 4 nitrogen and oxygen atoms in total. The fraction of sp³-hybridized carbons (Fsp3) is 0.167. The molecule has 0 aliphatic carbocycles. The fourth-order valence-corrected chi connectivity index (χ4v) is 1.35. The Morgan fingerprint density at radius 1 is 1.25 bits per heavy atom. The Morgan fingerprint density at radius 3 is 2.69 bits per heavy atom. The summed E-state index contributed by atoms with van der Waals surface area (Å²) in [6, 6.07) is 7.16. The van der Waals surface area contributed by atoms with Gasteiger partial charge in [0.1, 0.15) is 6.26 Å². The molecule has 0 aliphatic rings. The molecule has 0 unspecified atom stereocenters. The third-order valence-electron chi connectivity index (χ3n) is 2.45. The number of nitrogens with zero attached hydrogens (tertiary/aromatic N) is 1. The first-order valence-corrected chi connectivity index (χ1v) is 4.96. The van der Waals surface area contributed by atoms with Gasteiger partial charge in [-0.2, -0.15) is 0 Å². The minimum atomic E-state index is -0.183. The molecule has 1 aromatic heterocycles. The number of anilines is 1. The van der Waals surface area contributed by atoms with Crippen molar-refractivity contribution in [3.63, 3.8) is 0 Å². The molecule has 4 heteroatoms. The second kappa shape index (κ2) is 4.18. The standard InChI is InChI=1S/C12H12N2O2/c1-8-3-4-10(7-9(8)2)12(15)13-11-5-6-16-14-11/h3-7H,1-2H3,(H,13,14,15). The van der Waals surface area contributed by atoms with Crippen LogP contribution in [0, 0.1) is 13.8 Å². The van der Waals surface area contributed by atoms with Gasteiger partial charge in [0.2, 0.25) is 0 Å². The zero-order chi connectivity index (χ0) is 11.5. The minimum Gasteiger partial charge on any atom is -0.363 e. The largest absolute Gasteiger partial charge is 0.363 e. The molecule has 1 heterocycles. The molecule has 0 saturated carbocycles. The molecule has 0 atom stereocenters. The van der Waals surface area contributed by atoms with E-state index in [4.69, 9.17) is 0 Å². The van der Waals surface area contributed by atoms with Gasteiger partial charge >= 0.3 is 0 Å². The van der Waals surface area contributed by atoms with Crippen molar-refractivity contribution in [2.45, 2.75) is 13.8 Å². The van der Waals surface area contributed by atoms with Crippen LogP contribution in [0.15, 0.2) is 35.1 Å². The summed E-state index contributed by atoms with van der Waals surface area (Å²) in [6.45, 7) is 3.98. The number of amides is 1. The molecule has 0 aliphatic heterocycles. The number of hydrogen-bond donors (Lipinski definition) is 1. The summed E-state index contributed by atoms with van der Waals surface area (Å²) in [5, 5.41) is 6.26. The van der Waals surface area contributed by atoms with Gasteiger partial charge in [-0.25, -0.2) is 0 Å². The Hall–Kier alpha value is -2.10. The first kappa shape index (κ1) is 10.4. The van der Waals surface area contributed by atoms with Gasteiger partial charge < -0.3 is 9.84 Å². The summed E-state index contributed by atoms with van der Waals surface area (Å²) in [4.78, 5) is 11.8. The zero-order valence-electron chi connectivity index (χ0n) is 9.15. The summed E-state index contributed by atoms with van der Waals surface area (Å²) >= 11 is 0. The van der Waals surface area contributed by atoms with Crippen molar-refractivity contribution in [1.29, 1.82) is 0 Å². The lowest BCUT2D eigenvalue weighted by atomic mass is 10.1. The third-order valence-corrected chi connectivity index (χ3v) is 2.45. The van der Waals surface area contributed by atoms with Gasteiger partial charge in [0.25, 0.3) is 5.91 Å². The number of aromatic nitrogens is 1. The Morgan fingerprint density at radius 2 is 2.06 bits per heavy atom. The van der Waals surface area contributed by atoms with Gasteiger partial charge in [0.05, 0.1) is 0 Å². The highest BCUT2D eigenvalue weighted by Gasteiger charge is 2.08. The van der Waals surface area contributed by atoms with Crippen molar-refractivity contribution in [1.82, 2.24) is 5.16 Å². The van der Waals surface area contributed by atoms with Crippen LogP contribution in [0.1, 0.15) is 21.5 Å². The highest BCUT2D eigenvalue weighted by atomic mass is 16.5. The topological polar surface area (TPSA) is 55.1 Å². The lowest BCUT2D eigenvalue weighted by Crippen LogP contribution is -2.12. The van der Waals surface area contributed by atoms with E-state index in [2.05, 4.69) is 15.0 Å². The summed E-state index contributed by atoms with van der Waals surface area (Å²) < 4.78 is 4.63. The average molecular weight is 216 g/mol. The van der Waals surface area contributed by atoms with Crippen LogP contribution in [0.3, 0.4) is 0 Å². The summed E-state index contributed by atoms with van der Waals surface area (Å²) in [7, 11) is 0. The maximum Gasteiger partial charge on any atom is 0.256 e. The van der Waals surface area contributed by atoms with Crippen LogP contribution in [0.25, 0.3) is 0 Å². The molecule has 0 fully saturated rings. The Bertz CT molecular complexity index is 504. The molecule has 0 radical (unpaired) electrons. The van der Waals surface area contributed by atoms with E-state index in [0.717, 1.165) is 11.1 Å². The van der Waals surface area contributed by atoms with Crippen LogP contribution in [0.4, 0.5) is 5.82 Å². The van der Waals surface area contributed by atoms with E-state index in [1.54, 1.807) is 12.1 Å². The monoisotopic (exact) mass is 216 g/mol. The third kappa shape index (κ3) is 2.11. The number of carbonyl (C=O) groups excluding carboxylic acids is 1. The van der Waals surface area contributed by atoms with Crippen molar-refractivity contribution >= 4 is 11.7 Å². The van der Waals surface area contributed by atoms with Gasteiger partial charge in [-0.3, -0.25) is 4.79 Å². The second-order valence-electron chi connectivity index (χ2n) is 3.64. The van der Waals surface area contributed by atoms with E-state index in [1.165, 1.54) is 6.26 Å². The van der Waals surface area contributed by atoms with Crippen molar-refractivity contribution in [3.05, 3.63) is 47.2 Å². The Balaban J connectivity index is 2.18. The van der Waals surface area contributed by atoms with Crippen LogP contribution >= 0.6 is 0 Å². The second-order valence-corrected chi connectivity index (χ2v) is 3.64. The molecular formula is C12H12N2O2. The summed E-state index contributed by atoms with van der Waals surface area (Å²) in [6.07, 6.45) is 1.41. The van der Waals surface area contributed by atoms with Gasteiger partial charge in [0.15, 0.2) is 5.82 Å². The van der Waals surface area contributed by atoms with E-state index < -0.39 is 0 Å². The number of nitrogens with one attached hydrogen (secondary N) is 1. The molecule has 82 valence electrons. The number of benzene rings is 1. The van der Waals surface area contributed by atoms with Crippen molar-refractivity contribution in [2.75, 3.05) is 5.32 Å². The quantitative estimate of drug-likeness (QED) is 0.839. The lowest BCUT2D eigenvalue weighted by Gasteiger charge is -2.04. The Labute approximate surface area is 93.3 Å². The predicted molar refractivity (Wildman–Crippen MR) is 60.4 cm³/mol. The number of aryl methyl sites for hydroxylation is 2. The molecule has 0 saturated heterocycles. The van der Waals surface area contributed by atoms with E-state index in [1.807, 2.05) is 26.0 Å². The lowest BCUT2D eigenvalue weighted by molar-refractivity contribution is 0.102. The number of rotatable bonds is 2. The molecule has 1 aromatic carbocycles. The van der Waals surface area contributed by atoms with E-state index in [-0.39, 0.29) is 5.91 Å². The Kier molecular flexibility index (Phi) is 2.72. The number of carbonyl (C=O) groups is 1. The molecule has 2 rings (SSSR count). The van der Waals surface area contributed by atoms with Crippen LogP contribution in [-0.2, 0) is 0 Å². The highest BCUT2D eigenvalue weighted by molar-refractivity contribution is 6.03. The molecule has 0 bridgehead atoms. The SMILES string of the molecule is Cc1ccc(C(=O)Nc2ccon2)cc1C. The summed E-state index contributed by atoms with van der Waals surface area (Å²) in [5.41, 5.74) is 2.87. The van der Waals surface area contributed by atoms with Gasteiger partial charge in [-0.05, 0) is 37.1 Å². The van der Waals surface area contributed by atoms with E-state index in [0.29, 0.717) is 11.4 Å². The number of hydrogen-bond acceptors (Lipinski definition) is 3. The van der Waals surface area contributed by atoms with Gasteiger partial charge in [-0.1, -0.05) is 11.2 Å². The smallest absolute Gasteiger partial charge is 0.256 e.